The Bertz CT molecular complexity index is 1090. The van der Waals surface area contributed by atoms with Crippen molar-refractivity contribution >= 4 is 34.2 Å². The summed E-state index contributed by atoms with van der Waals surface area (Å²) in [5.74, 6) is 1.64. The number of anilines is 1. The van der Waals surface area contributed by atoms with Gasteiger partial charge in [-0.25, -0.2) is 4.98 Å². The molecule has 2 aromatic carbocycles. The molecule has 1 aromatic heterocycles. The van der Waals surface area contributed by atoms with E-state index < -0.39 is 0 Å². The molecule has 6 heteroatoms. The van der Waals surface area contributed by atoms with E-state index in [1.54, 1.807) is 12.1 Å². The predicted molar refractivity (Wildman–Crippen MR) is 122 cm³/mol. The minimum atomic E-state index is 0.000693. The van der Waals surface area contributed by atoms with Crippen LogP contribution >= 0.6 is 11.6 Å². The fraction of sp³-hybridized carbons (Fsp3) is 0.333. The summed E-state index contributed by atoms with van der Waals surface area (Å²) in [4.78, 5) is 21.6. The van der Waals surface area contributed by atoms with Crippen molar-refractivity contribution in [3.63, 3.8) is 0 Å². The van der Waals surface area contributed by atoms with Crippen molar-refractivity contribution < 1.29 is 9.53 Å². The molecular weight excluding hydrogens is 398 g/mol. The summed E-state index contributed by atoms with van der Waals surface area (Å²) in [6.07, 6.45) is 0. The number of piperazine rings is 1. The average molecular weight is 424 g/mol. The molecule has 156 valence electrons. The number of fused-ring (bicyclic) bond motifs is 1. The van der Waals surface area contributed by atoms with Crippen LogP contribution < -0.4 is 9.64 Å². The molecule has 1 fully saturated rings. The molecule has 1 aliphatic rings. The average Bonchev–Trinajstić information content (AvgIpc) is 2.75. The lowest BCUT2D eigenvalue weighted by Crippen LogP contribution is -2.50. The first-order chi connectivity index (χ1) is 14.4. The molecular formula is C24H26ClN3O2. The van der Waals surface area contributed by atoms with Gasteiger partial charge in [-0.2, -0.15) is 0 Å². The lowest BCUT2D eigenvalue weighted by atomic mass is 10.1. The van der Waals surface area contributed by atoms with Crippen molar-refractivity contribution in [1.29, 1.82) is 0 Å². The first-order valence-corrected chi connectivity index (χ1v) is 10.6. The van der Waals surface area contributed by atoms with Crippen LogP contribution in [0.5, 0.6) is 5.75 Å². The summed E-state index contributed by atoms with van der Waals surface area (Å²) in [6.45, 7) is 9.02. The number of pyridine rings is 1. The number of ether oxygens (including phenoxy) is 1. The van der Waals surface area contributed by atoms with E-state index in [0.29, 0.717) is 23.9 Å². The number of amides is 1. The Labute approximate surface area is 182 Å². The highest BCUT2D eigenvalue weighted by atomic mass is 35.5. The third kappa shape index (κ3) is 4.21. The number of hydrogen-bond donors (Lipinski definition) is 0. The third-order valence-corrected chi connectivity index (χ3v) is 6.11. The van der Waals surface area contributed by atoms with Gasteiger partial charge in [0.15, 0.2) is 6.61 Å². The Hall–Kier alpha value is -2.79. The van der Waals surface area contributed by atoms with Gasteiger partial charge in [0.1, 0.15) is 11.6 Å². The van der Waals surface area contributed by atoms with Crippen LogP contribution in [0, 0.1) is 20.8 Å². The number of carbonyl (C=O) groups is 1. The maximum atomic E-state index is 12.6. The summed E-state index contributed by atoms with van der Waals surface area (Å²) in [5.41, 5.74) is 4.39. The number of nitrogens with zero attached hydrogens (tertiary/aromatic N) is 3. The van der Waals surface area contributed by atoms with E-state index in [1.165, 1.54) is 16.5 Å². The van der Waals surface area contributed by atoms with Gasteiger partial charge in [-0.05, 0) is 61.7 Å². The SMILES string of the molecule is Cc1cc(OCC(=O)N2CCN(c3cc(C)c4cccc(C)c4n3)CC2)ccc1Cl. The van der Waals surface area contributed by atoms with E-state index in [-0.39, 0.29) is 12.5 Å². The summed E-state index contributed by atoms with van der Waals surface area (Å²) >= 11 is 6.04. The van der Waals surface area contributed by atoms with Crippen molar-refractivity contribution in [3.05, 3.63) is 64.2 Å². The van der Waals surface area contributed by atoms with Gasteiger partial charge in [-0.1, -0.05) is 29.8 Å². The highest BCUT2D eigenvalue weighted by Crippen LogP contribution is 2.25. The zero-order valence-electron chi connectivity index (χ0n) is 17.6. The summed E-state index contributed by atoms with van der Waals surface area (Å²) in [7, 11) is 0. The van der Waals surface area contributed by atoms with Crippen LogP contribution in [0.15, 0.2) is 42.5 Å². The zero-order chi connectivity index (χ0) is 21.3. The topological polar surface area (TPSA) is 45.7 Å². The van der Waals surface area contributed by atoms with E-state index in [4.69, 9.17) is 21.3 Å². The first kappa shape index (κ1) is 20.5. The zero-order valence-corrected chi connectivity index (χ0v) is 18.4. The molecule has 0 N–H and O–H groups in total. The number of halogens is 1. The fourth-order valence-electron chi connectivity index (χ4n) is 3.83. The molecule has 1 aliphatic heterocycles. The van der Waals surface area contributed by atoms with Gasteiger partial charge in [0, 0.05) is 36.6 Å². The molecule has 0 atom stereocenters. The van der Waals surface area contributed by atoms with Gasteiger partial charge in [0.2, 0.25) is 0 Å². The first-order valence-electron chi connectivity index (χ1n) is 10.2. The Morgan fingerprint density at radius 2 is 1.77 bits per heavy atom. The number of aryl methyl sites for hydroxylation is 3. The molecule has 0 spiro atoms. The van der Waals surface area contributed by atoms with Gasteiger partial charge in [-0.15, -0.1) is 0 Å². The standard InChI is InChI=1S/C24H26ClN3O2/c1-16-5-4-6-20-17(2)14-22(26-24(16)20)27-9-11-28(12-10-27)23(29)15-30-19-7-8-21(25)18(3)13-19/h4-8,13-14H,9-12,15H2,1-3H3. The highest BCUT2D eigenvalue weighted by Gasteiger charge is 2.23. The van der Waals surface area contributed by atoms with Crippen molar-refractivity contribution in [2.45, 2.75) is 20.8 Å². The van der Waals surface area contributed by atoms with E-state index in [1.807, 2.05) is 17.9 Å². The smallest absolute Gasteiger partial charge is 0.260 e. The van der Waals surface area contributed by atoms with E-state index in [2.05, 4.69) is 43.0 Å². The lowest BCUT2D eigenvalue weighted by molar-refractivity contribution is -0.133. The molecule has 5 nitrogen and oxygen atoms in total. The van der Waals surface area contributed by atoms with Gasteiger partial charge in [-0.3, -0.25) is 4.79 Å². The number of hydrogen-bond acceptors (Lipinski definition) is 4. The number of carbonyl (C=O) groups excluding carboxylic acids is 1. The van der Waals surface area contributed by atoms with Gasteiger partial charge >= 0.3 is 0 Å². The number of para-hydroxylation sites is 1. The summed E-state index contributed by atoms with van der Waals surface area (Å²) in [6, 6.07) is 13.9. The Morgan fingerprint density at radius 3 is 2.50 bits per heavy atom. The van der Waals surface area contributed by atoms with E-state index in [9.17, 15) is 4.79 Å². The molecule has 4 rings (SSSR count). The Morgan fingerprint density at radius 1 is 1.00 bits per heavy atom. The number of benzene rings is 2. The molecule has 0 saturated carbocycles. The second-order valence-corrected chi connectivity index (χ2v) is 8.24. The van der Waals surface area contributed by atoms with E-state index >= 15 is 0 Å². The molecule has 0 aliphatic carbocycles. The lowest BCUT2D eigenvalue weighted by Gasteiger charge is -2.35. The van der Waals surface area contributed by atoms with Crippen LogP contribution in [-0.4, -0.2) is 48.6 Å². The molecule has 3 aromatic rings. The summed E-state index contributed by atoms with van der Waals surface area (Å²) < 4.78 is 5.67. The minimum Gasteiger partial charge on any atom is -0.484 e. The molecule has 1 saturated heterocycles. The van der Waals surface area contributed by atoms with Gasteiger partial charge < -0.3 is 14.5 Å². The minimum absolute atomic E-state index is 0.000693. The third-order valence-electron chi connectivity index (χ3n) is 5.68. The molecule has 2 heterocycles. The molecule has 0 bridgehead atoms. The van der Waals surface area contributed by atoms with Crippen molar-refractivity contribution in [3.8, 4) is 5.75 Å². The summed E-state index contributed by atoms with van der Waals surface area (Å²) in [5, 5.41) is 1.89. The Kier molecular flexibility index (Phi) is 5.82. The van der Waals surface area contributed by atoms with Crippen molar-refractivity contribution in [2.24, 2.45) is 0 Å². The number of aromatic nitrogens is 1. The molecule has 0 unspecified atom stereocenters. The quantitative estimate of drug-likeness (QED) is 0.618. The maximum absolute atomic E-state index is 12.6. The normalized spacial score (nSPS) is 14.3. The predicted octanol–water partition coefficient (Wildman–Crippen LogP) is 4.54. The van der Waals surface area contributed by atoms with Gasteiger partial charge in [0.25, 0.3) is 5.91 Å². The van der Waals surface area contributed by atoms with Crippen LogP contribution in [0.1, 0.15) is 16.7 Å². The second-order valence-electron chi connectivity index (χ2n) is 7.84. The van der Waals surface area contributed by atoms with Crippen LogP contribution in [0.25, 0.3) is 10.9 Å². The molecule has 0 radical (unpaired) electrons. The highest BCUT2D eigenvalue weighted by molar-refractivity contribution is 6.31. The van der Waals surface area contributed by atoms with Crippen LogP contribution in [0.4, 0.5) is 5.82 Å². The van der Waals surface area contributed by atoms with E-state index in [0.717, 1.165) is 30.0 Å². The van der Waals surface area contributed by atoms with Crippen molar-refractivity contribution in [2.75, 3.05) is 37.7 Å². The van der Waals surface area contributed by atoms with Crippen LogP contribution in [0.3, 0.4) is 0 Å². The van der Waals surface area contributed by atoms with Gasteiger partial charge in [0.05, 0.1) is 5.52 Å². The Balaban J connectivity index is 1.37. The van der Waals surface area contributed by atoms with Crippen LogP contribution in [-0.2, 0) is 4.79 Å². The largest absolute Gasteiger partial charge is 0.484 e. The molecule has 30 heavy (non-hydrogen) atoms. The monoisotopic (exact) mass is 423 g/mol. The second kappa shape index (κ2) is 8.52. The number of rotatable bonds is 4. The molecule has 1 amide bonds. The maximum Gasteiger partial charge on any atom is 0.260 e. The van der Waals surface area contributed by atoms with Crippen molar-refractivity contribution in [1.82, 2.24) is 9.88 Å². The fourth-order valence-corrected chi connectivity index (χ4v) is 3.95. The van der Waals surface area contributed by atoms with Crippen LogP contribution in [0.2, 0.25) is 5.02 Å².